The summed E-state index contributed by atoms with van der Waals surface area (Å²) in [5, 5.41) is 0. The van der Waals surface area contributed by atoms with Gasteiger partial charge in [-0.15, -0.1) is 0 Å². The van der Waals surface area contributed by atoms with Gasteiger partial charge < -0.3 is 4.90 Å². The van der Waals surface area contributed by atoms with E-state index in [1.165, 1.54) is 0 Å². The number of anilines is 1. The van der Waals surface area contributed by atoms with Gasteiger partial charge in [-0.2, -0.15) is 4.31 Å². The zero-order valence-corrected chi connectivity index (χ0v) is 15.5. The Hall–Kier alpha value is -1.40. The first-order chi connectivity index (χ1) is 11.3. The lowest BCUT2D eigenvalue weighted by atomic mass is 9.94. The molecular formula is C18H26N2O3S. The number of rotatable bonds is 2. The van der Waals surface area contributed by atoms with Crippen molar-refractivity contribution in [2.24, 2.45) is 11.8 Å². The summed E-state index contributed by atoms with van der Waals surface area (Å²) in [4.78, 5) is 13.9. The highest BCUT2D eigenvalue weighted by Gasteiger charge is 2.32. The third-order valence-corrected chi connectivity index (χ3v) is 6.85. The fourth-order valence-electron chi connectivity index (χ4n) is 4.01. The second-order valence-electron chi connectivity index (χ2n) is 7.33. The van der Waals surface area contributed by atoms with E-state index in [1.807, 2.05) is 0 Å². The number of fused-ring (bicyclic) bond motifs is 1. The van der Waals surface area contributed by atoms with E-state index in [9.17, 15) is 13.2 Å². The minimum atomic E-state index is -3.47. The van der Waals surface area contributed by atoms with Gasteiger partial charge in [0.15, 0.2) is 0 Å². The fraction of sp³-hybridized carbons (Fsp3) is 0.611. The van der Waals surface area contributed by atoms with Crippen LogP contribution in [0.5, 0.6) is 0 Å². The minimum Gasteiger partial charge on any atom is -0.312 e. The van der Waals surface area contributed by atoms with Crippen molar-refractivity contribution in [3.8, 4) is 0 Å². The second-order valence-corrected chi connectivity index (χ2v) is 9.27. The van der Waals surface area contributed by atoms with Crippen molar-refractivity contribution in [1.82, 2.24) is 4.31 Å². The van der Waals surface area contributed by atoms with Gasteiger partial charge in [-0.05, 0) is 54.9 Å². The molecule has 5 nitrogen and oxygen atoms in total. The van der Waals surface area contributed by atoms with Crippen molar-refractivity contribution >= 4 is 21.6 Å². The van der Waals surface area contributed by atoms with Gasteiger partial charge in [0.1, 0.15) is 0 Å². The number of benzene rings is 1. The molecule has 0 saturated carbocycles. The lowest BCUT2D eigenvalue weighted by Gasteiger charge is -2.34. The van der Waals surface area contributed by atoms with Crippen molar-refractivity contribution in [2.45, 2.75) is 44.9 Å². The number of carbonyl (C=O) groups is 1. The Bertz CT molecular complexity index is 735. The molecule has 6 heteroatoms. The van der Waals surface area contributed by atoms with Crippen LogP contribution in [0.1, 0.15) is 39.2 Å². The molecule has 2 atom stereocenters. The van der Waals surface area contributed by atoms with Crippen LogP contribution in [0.3, 0.4) is 0 Å². The van der Waals surface area contributed by atoms with Gasteiger partial charge in [0.2, 0.25) is 15.9 Å². The third-order valence-electron chi connectivity index (χ3n) is 5.02. The Kier molecular flexibility index (Phi) is 4.71. The first-order valence-electron chi connectivity index (χ1n) is 8.70. The topological polar surface area (TPSA) is 57.7 Å². The number of piperidine rings is 1. The van der Waals surface area contributed by atoms with Crippen LogP contribution in [0.2, 0.25) is 0 Å². The van der Waals surface area contributed by atoms with Crippen LogP contribution < -0.4 is 4.90 Å². The van der Waals surface area contributed by atoms with Crippen molar-refractivity contribution in [1.29, 1.82) is 0 Å². The maximum Gasteiger partial charge on any atom is 0.243 e. The summed E-state index contributed by atoms with van der Waals surface area (Å²) in [5.74, 6) is 0.772. The summed E-state index contributed by atoms with van der Waals surface area (Å²) in [6.07, 6.45) is 2.76. The number of aryl methyl sites for hydroxylation is 1. The molecule has 0 radical (unpaired) electrons. The standard InChI is InChI=1S/C18H26N2O3S/c1-13-9-14(2)12-19(11-13)24(22,23)17-6-7-18-16(10-17)5-4-8-20(18)15(3)21/h6-7,10,13-14H,4-5,8-9,11-12H2,1-3H3. The predicted octanol–water partition coefficient (Wildman–Crippen LogP) is 2.65. The average Bonchev–Trinajstić information content (AvgIpc) is 2.52. The molecule has 0 aliphatic carbocycles. The van der Waals surface area contributed by atoms with Crippen LogP contribution in [0, 0.1) is 11.8 Å². The van der Waals surface area contributed by atoms with Gasteiger partial charge in [-0.3, -0.25) is 4.79 Å². The van der Waals surface area contributed by atoms with Crippen LogP contribution in [0.15, 0.2) is 23.1 Å². The Morgan fingerprint density at radius 3 is 2.46 bits per heavy atom. The summed E-state index contributed by atoms with van der Waals surface area (Å²) >= 11 is 0. The summed E-state index contributed by atoms with van der Waals surface area (Å²) in [6, 6.07) is 5.21. The molecule has 0 spiro atoms. The molecule has 132 valence electrons. The van der Waals surface area contributed by atoms with Gasteiger partial charge in [-0.25, -0.2) is 8.42 Å². The van der Waals surface area contributed by atoms with Gasteiger partial charge in [0, 0.05) is 32.2 Å². The van der Waals surface area contributed by atoms with E-state index in [2.05, 4.69) is 13.8 Å². The predicted molar refractivity (Wildman–Crippen MR) is 94.5 cm³/mol. The van der Waals surface area contributed by atoms with E-state index in [0.717, 1.165) is 30.5 Å². The van der Waals surface area contributed by atoms with Gasteiger partial charge in [0.25, 0.3) is 0 Å². The number of hydrogen-bond donors (Lipinski definition) is 0. The Morgan fingerprint density at radius 2 is 1.83 bits per heavy atom. The summed E-state index contributed by atoms with van der Waals surface area (Å²) in [6.45, 7) is 7.64. The molecule has 1 amide bonds. The first kappa shape index (κ1) is 17.4. The molecule has 3 rings (SSSR count). The maximum absolute atomic E-state index is 13.0. The van der Waals surface area contributed by atoms with Crippen molar-refractivity contribution in [2.75, 3.05) is 24.5 Å². The number of sulfonamides is 1. The normalized spacial score (nSPS) is 25.4. The zero-order valence-electron chi connectivity index (χ0n) is 14.7. The SMILES string of the molecule is CC(=O)N1CCCc2cc(S(=O)(=O)N3CC(C)CC(C)C3)ccc21. The molecule has 2 aliphatic rings. The molecule has 0 N–H and O–H groups in total. The monoisotopic (exact) mass is 350 g/mol. The first-order valence-corrected chi connectivity index (χ1v) is 10.1. The lowest BCUT2D eigenvalue weighted by molar-refractivity contribution is -0.116. The number of hydrogen-bond acceptors (Lipinski definition) is 3. The Morgan fingerprint density at radius 1 is 1.17 bits per heavy atom. The Balaban J connectivity index is 1.93. The fourth-order valence-corrected chi connectivity index (χ4v) is 5.74. The summed E-state index contributed by atoms with van der Waals surface area (Å²) in [7, 11) is -3.47. The molecule has 1 aromatic carbocycles. The van der Waals surface area contributed by atoms with Crippen LogP contribution in [0.4, 0.5) is 5.69 Å². The Labute approximate surface area is 144 Å². The van der Waals surface area contributed by atoms with Crippen LogP contribution in [-0.2, 0) is 21.2 Å². The molecule has 0 bridgehead atoms. The van der Waals surface area contributed by atoms with E-state index in [0.29, 0.717) is 36.4 Å². The van der Waals surface area contributed by atoms with E-state index >= 15 is 0 Å². The molecule has 1 fully saturated rings. The van der Waals surface area contributed by atoms with Crippen molar-refractivity contribution in [3.63, 3.8) is 0 Å². The average molecular weight is 350 g/mol. The van der Waals surface area contributed by atoms with E-state index < -0.39 is 10.0 Å². The number of carbonyl (C=O) groups excluding carboxylic acids is 1. The molecule has 2 heterocycles. The summed E-state index contributed by atoms with van der Waals surface area (Å²) in [5.41, 5.74) is 1.81. The number of nitrogens with zero attached hydrogens (tertiary/aromatic N) is 2. The van der Waals surface area contributed by atoms with Crippen LogP contribution >= 0.6 is 0 Å². The smallest absolute Gasteiger partial charge is 0.243 e. The lowest BCUT2D eigenvalue weighted by Crippen LogP contribution is -2.42. The van der Waals surface area contributed by atoms with Crippen molar-refractivity contribution < 1.29 is 13.2 Å². The van der Waals surface area contributed by atoms with Gasteiger partial charge in [-0.1, -0.05) is 13.8 Å². The summed E-state index contributed by atoms with van der Waals surface area (Å²) < 4.78 is 27.7. The zero-order chi connectivity index (χ0) is 17.5. The van der Waals surface area contributed by atoms with Gasteiger partial charge in [0.05, 0.1) is 4.90 Å². The molecule has 2 aliphatic heterocycles. The number of amides is 1. The quantitative estimate of drug-likeness (QED) is 0.824. The molecule has 1 aromatic rings. The molecule has 2 unspecified atom stereocenters. The largest absolute Gasteiger partial charge is 0.312 e. The van der Waals surface area contributed by atoms with Gasteiger partial charge >= 0.3 is 0 Å². The molecule has 24 heavy (non-hydrogen) atoms. The maximum atomic E-state index is 13.0. The highest BCUT2D eigenvalue weighted by Crippen LogP contribution is 2.32. The second kappa shape index (κ2) is 6.48. The van der Waals surface area contributed by atoms with E-state index in [-0.39, 0.29) is 5.91 Å². The van der Waals surface area contributed by atoms with E-state index in [4.69, 9.17) is 0 Å². The minimum absolute atomic E-state index is 0.00485. The van der Waals surface area contributed by atoms with E-state index in [1.54, 1.807) is 34.3 Å². The molecule has 1 saturated heterocycles. The van der Waals surface area contributed by atoms with Crippen LogP contribution in [-0.4, -0.2) is 38.3 Å². The van der Waals surface area contributed by atoms with Crippen molar-refractivity contribution in [3.05, 3.63) is 23.8 Å². The highest BCUT2D eigenvalue weighted by atomic mass is 32.2. The van der Waals surface area contributed by atoms with Crippen LogP contribution in [0.25, 0.3) is 0 Å². The highest BCUT2D eigenvalue weighted by molar-refractivity contribution is 7.89. The molecular weight excluding hydrogens is 324 g/mol. The third kappa shape index (κ3) is 3.22. The molecule has 0 aromatic heterocycles.